The van der Waals surface area contributed by atoms with Gasteiger partial charge < -0.3 is 4.74 Å². The van der Waals surface area contributed by atoms with Gasteiger partial charge in [-0.15, -0.1) is 0 Å². The van der Waals surface area contributed by atoms with Crippen molar-refractivity contribution < 1.29 is 9.53 Å². The van der Waals surface area contributed by atoms with Crippen LogP contribution in [0.4, 0.5) is 0 Å². The molecular weight excluding hydrogens is 262 g/mol. The van der Waals surface area contributed by atoms with Crippen molar-refractivity contribution >= 4 is 27.5 Å². The number of hydrogen-bond acceptors (Lipinski definition) is 4. The fourth-order valence-corrected chi connectivity index (χ4v) is 1.50. The molecule has 5 nitrogen and oxygen atoms in total. The highest BCUT2D eigenvalue weighted by Gasteiger charge is 2.14. The van der Waals surface area contributed by atoms with Crippen molar-refractivity contribution in [1.82, 2.24) is 14.6 Å². The maximum Gasteiger partial charge on any atom is 0.343 e. The second kappa shape index (κ2) is 3.98. The van der Waals surface area contributed by atoms with Crippen LogP contribution >= 0.6 is 15.9 Å². The Balaban J connectivity index is 2.49. The monoisotopic (exact) mass is 269 g/mol. The van der Waals surface area contributed by atoms with Gasteiger partial charge in [0.15, 0.2) is 5.65 Å². The molecule has 0 N–H and O–H groups in total. The van der Waals surface area contributed by atoms with E-state index in [-0.39, 0.29) is 0 Å². The number of nitrogens with zero attached hydrogens (tertiary/aromatic N) is 3. The average Bonchev–Trinajstić information content (AvgIpc) is 2.60. The molecule has 15 heavy (non-hydrogen) atoms. The molecule has 0 unspecified atom stereocenters. The van der Waals surface area contributed by atoms with Crippen LogP contribution in [0.15, 0.2) is 23.1 Å². The van der Waals surface area contributed by atoms with Crippen LogP contribution in [0, 0.1) is 0 Å². The van der Waals surface area contributed by atoms with E-state index < -0.39 is 5.97 Å². The molecule has 0 spiro atoms. The number of fused-ring (bicyclic) bond motifs is 1. The van der Waals surface area contributed by atoms with Gasteiger partial charge in [0.2, 0.25) is 0 Å². The van der Waals surface area contributed by atoms with Gasteiger partial charge in [-0.2, -0.15) is 5.10 Å². The molecule has 2 heterocycles. The fourth-order valence-electron chi connectivity index (χ4n) is 1.20. The summed E-state index contributed by atoms with van der Waals surface area (Å²) in [6.45, 7) is 2.10. The summed E-state index contributed by atoms with van der Waals surface area (Å²) in [5.41, 5.74) is 0.876. The normalized spacial score (nSPS) is 10.5. The minimum absolute atomic E-state index is 0.340. The first-order chi connectivity index (χ1) is 7.22. The van der Waals surface area contributed by atoms with Crippen molar-refractivity contribution in [3.63, 3.8) is 0 Å². The third-order valence-electron chi connectivity index (χ3n) is 1.82. The van der Waals surface area contributed by atoms with Gasteiger partial charge in [0.25, 0.3) is 0 Å². The van der Waals surface area contributed by atoms with E-state index in [0.717, 1.165) is 4.47 Å². The molecule has 0 bridgehead atoms. The van der Waals surface area contributed by atoms with E-state index in [0.29, 0.717) is 17.8 Å². The van der Waals surface area contributed by atoms with Gasteiger partial charge in [-0.25, -0.2) is 14.3 Å². The number of carbonyl (C=O) groups excluding carboxylic acids is 1. The van der Waals surface area contributed by atoms with E-state index in [9.17, 15) is 4.79 Å². The van der Waals surface area contributed by atoms with Crippen molar-refractivity contribution in [2.45, 2.75) is 6.92 Å². The molecular formula is C9H8BrN3O2. The Morgan fingerprint density at radius 3 is 3.13 bits per heavy atom. The molecule has 0 saturated heterocycles. The molecule has 0 aliphatic carbocycles. The Bertz CT molecular complexity index is 509. The lowest BCUT2D eigenvalue weighted by molar-refractivity contribution is 0.0528. The average molecular weight is 270 g/mol. The van der Waals surface area contributed by atoms with E-state index in [1.807, 2.05) is 0 Å². The van der Waals surface area contributed by atoms with Crippen LogP contribution in [0.25, 0.3) is 5.65 Å². The zero-order valence-corrected chi connectivity index (χ0v) is 9.56. The number of ether oxygens (including phenoxy) is 1. The molecule has 0 radical (unpaired) electrons. The minimum atomic E-state index is -0.401. The highest BCUT2D eigenvalue weighted by atomic mass is 79.9. The number of hydrogen-bond donors (Lipinski definition) is 0. The number of rotatable bonds is 2. The van der Waals surface area contributed by atoms with Crippen LogP contribution in [-0.2, 0) is 4.74 Å². The molecule has 78 valence electrons. The fraction of sp³-hybridized carbons (Fsp3) is 0.222. The molecule has 0 aliphatic heterocycles. The minimum Gasteiger partial charge on any atom is -0.462 e. The van der Waals surface area contributed by atoms with Crippen LogP contribution < -0.4 is 0 Å². The molecule has 2 aromatic rings. The van der Waals surface area contributed by atoms with Crippen molar-refractivity contribution in [1.29, 1.82) is 0 Å². The van der Waals surface area contributed by atoms with Gasteiger partial charge in [0, 0.05) is 12.4 Å². The van der Waals surface area contributed by atoms with Gasteiger partial charge in [-0.05, 0) is 22.9 Å². The topological polar surface area (TPSA) is 56.5 Å². The van der Waals surface area contributed by atoms with Gasteiger partial charge in [0.1, 0.15) is 5.56 Å². The van der Waals surface area contributed by atoms with E-state index >= 15 is 0 Å². The van der Waals surface area contributed by atoms with E-state index in [1.54, 1.807) is 19.3 Å². The molecule has 0 saturated carbocycles. The summed E-state index contributed by atoms with van der Waals surface area (Å²) in [4.78, 5) is 15.6. The zero-order chi connectivity index (χ0) is 10.8. The molecule has 0 atom stereocenters. The van der Waals surface area contributed by atoms with E-state index in [4.69, 9.17) is 4.74 Å². The maximum absolute atomic E-state index is 11.5. The van der Waals surface area contributed by atoms with Crippen LogP contribution in [0.3, 0.4) is 0 Å². The summed E-state index contributed by atoms with van der Waals surface area (Å²) in [5, 5.41) is 4.01. The summed E-state index contributed by atoms with van der Waals surface area (Å²) in [6, 6.07) is 0. The first-order valence-electron chi connectivity index (χ1n) is 4.38. The predicted octanol–water partition coefficient (Wildman–Crippen LogP) is 1.67. The van der Waals surface area contributed by atoms with Gasteiger partial charge in [-0.3, -0.25) is 0 Å². The van der Waals surface area contributed by atoms with Gasteiger partial charge >= 0.3 is 5.97 Å². The Labute approximate surface area is 94.2 Å². The van der Waals surface area contributed by atoms with Crippen LogP contribution in [-0.4, -0.2) is 27.2 Å². The van der Waals surface area contributed by atoms with Crippen molar-refractivity contribution in [2.24, 2.45) is 0 Å². The lowest BCUT2D eigenvalue weighted by Gasteiger charge is -1.98. The SMILES string of the molecule is CCOC(=O)c1cnn2cc(Br)cnc12. The van der Waals surface area contributed by atoms with Crippen molar-refractivity contribution in [3.8, 4) is 0 Å². The first kappa shape index (κ1) is 10.1. The quantitative estimate of drug-likeness (QED) is 0.779. The highest BCUT2D eigenvalue weighted by molar-refractivity contribution is 9.10. The van der Waals surface area contributed by atoms with Crippen LogP contribution in [0.2, 0.25) is 0 Å². The molecule has 0 aromatic carbocycles. The Kier molecular flexibility index (Phi) is 2.68. The second-order valence-corrected chi connectivity index (χ2v) is 3.73. The van der Waals surface area contributed by atoms with Gasteiger partial charge in [0.05, 0.1) is 17.3 Å². The third-order valence-corrected chi connectivity index (χ3v) is 2.23. The molecule has 6 heteroatoms. The summed E-state index contributed by atoms with van der Waals surface area (Å²) in [6.07, 6.45) is 4.79. The second-order valence-electron chi connectivity index (χ2n) is 2.82. The van der Waals surface area contributed by atoms with E-state index in [2.05, 4.69) is 26.0 Å². The Morgan fingerprint density at radius 1 is 1.60 bits per heavy atom. The summed E-state index contributed by atoms with van der Waals surface area (Å²) in [5.74, 6) is -0.401. The Morgan fingerprint density at radius 2 is 2.40 bits per heavy atom. The maximum atomic E-state index is 11.5. The molecule has 0 fully saturated rings. The van der Waals surface area contributed by atoms with Crippen LogP contribution in [0.5, 0.6) is 0 Å². The number of aromatic nitrogens is 3. The lowest BCUT2D eigenvalue weighted by atomic mass is 10.3. The Hall–Kier alpha value is -1.43. The third kappa shape index (κ3) is 1.85. The summed E-state index contributed by atoms with van der Waals surface area (Å²) in [7, 11) is 0. The number of carbonyl (C=O) groups is 1. The zero-order valence-electron chi connectivity index (χ0n) is 7.98. The largest absolute Gasteiger partial charge is 0.462 e. The van der Waals surface area contributed by atoms with Crippen molar-refractivity contribution in [2.75, 3.05) is 6.61 Å². The van der Waals surface area contributed by atoms with Crippen LogP contribution in [0.1, 0.15) is 17.3 Å². The standard InChI is InChI=1S/C9H8BrN3O2/c1-2-15-9(14)7-4-12-13-5-6(10)3-11-8(7)13/h3-5H,2H2,1H3. The number of esters is 1. The first-order valence-corrected chi connectivity index (χ1v) is 5.17. The summed E-state index contributed by atoms with van der Waals surface area (Å²) < 4.78 is 7.20. The molecule has 0 amide bonds. The smallest absolute Gasteiger partial charge is 0.343 e. The van der Waals surface area contributed by atoms with Crippen molar-refractivity contribution in [3.05, 3.63) is 28.6 Å². The molecule has 2 rings (SSSR count). The van der Waals surface area contributed by atoms with E-state index in [1.165, 1.54) is 10.7 Å². The molecule has 0 aliphatic rings. The van der Waals surface area contributed by atoms with Gasteiger partial charge in [-0.1, -0.05) is 0 Å². The highest BCUT2D eigenvalue weighted by Crippen LogP contribution is 2.13. The molecule has 2 aromatic heterocycles. The summed E-state index contributed by atoms with van der Waals surface area (Å²) >= 11 is 3.27. The predicted molar refractivity (Wildman–Crippen MR) is 56.6 cm³/mol. The lowest BCUT2D eigenvalue weighted by Crippen LogP contribution is -2.04. The number of halogens is 1.